The molecular weight excluding hydrogens is 424 g/mol. The molecule has 2 rings (SSSR count). The highest BCUT2D eigenvalue weighted by atomic mass is 15.2. The van der Waals surface area contributed by atoms with Crippen LogP contribution in [0.4, 0.5) is 0 Å². The summed E-state index contributed by atoms with van der Waals surface area (Å²) in [6.07, 6.45) is 11.2. The average Bonchev–Trinajstić information content (AvgIpc) is 2.83. The Balaban J connectivity index is 1.41. The summed E-state index contributed by atoms with van der Waals surface area (Å²) in [6.45, 7) is 20.3. The largest absolute Gasteiger partial charge is 0.314 e. The van der Waals surface area contributed by atoms with E-state index >= 15 is 0 Å². The molecule has 8 heteroatoms. The standard InChI is InChI=1S/C26H58N8/c1(3-5-7-21-33-23-17-29-13-9-27-10-14-30-18-24-33)2-4-6-8-22-34-25-19-31-15-11-28-12-16-32-20-26-34/h27-32H,1-26H2. The first-order valence-corrected chi connectivity index (χ1v) is 14.6. The number of nitrogens with zero attached hydrogens (tertiary/aromatic N) is 2. The molecule has 202 valence electrons. The third-order valence-corrected chi connectivity index (χ3v) is 7.03. The van der Waals surface area contributed by atoms with E-state index in [0.29, 0.717) is 0 Å². The van der Waals surface area contributed by atoms with Crippen LogP contribution < -0.4 is 31.9 Å². The fourth-order valence-corrected chi connectivity index (χ4v) is 4.81. The Morgan fingerprint density at radius 2 is 0.529 bits per heavy atom. The van der Waals surface area contributed by atoms with E-state index in [0.717, 1.165) is 78.5 Å². The Morgan fingerprint density at radius 1 is 0.294 bits per heavy atom. The van der Waals surface area contributed by atoms with Gasteiger partial charge in [-0.15, -0.1) is 0 Å². The van der Waals surface area contributed by atoms with Crippen LogP contribution in [-0.4, -0.2) is 128 Å². The number of rotatable bonds is 11. The van der Waals surface area contributed by atoms with Crippen molar-refractivity contribution >= 4 is 0 Å². The molecule has 0 atom stereocenters. The van der Waals surface area contributed by atoms with E-state index in [4.69, 9.17) is 0 Å². The second-order valence-corrected chi connectivity index (χ2v) is 10.0. The minimum absolute atomic E-state index is 1.08. The van der Waals surface area contributed by atoms with Crippen LogP contribution in [-0.2, 0) is 0 Å². The third-order valence-electron chi connectivity index (χ3n) is 7.03. The quantitative estimate of drug-likeness (QED) is 0.235. The molecule has 34 heavy (non-hydrogen) atoms. The van der Waals surface area contributed by atoms with Crippen molar-refractivity contribution in [3.63, 3.8) is 0 Å². The van der Waals surface area contributed by atoms with Crippen LogP contribution in [0.2, 0.25) is 0 Å². The molecule has 0 aromatic carbocycles. The van der Waals surface area contributed by atoms with E-state index in [9.17, 15) is 0 Å². The first-order chi connectivity index (χ1) is 16.9. The van der Waals surface area contributed by atoms with Gasteiger partial charge in [0.15, 0.2) is 0 Å². The fraction of sp³-hybridized carbons (Fsp3) is 1.00. The van der Waals surface area contributed by atoms with Crippen molar-refractivity contribution < 1.29 is 0 Å². The van der Waals surface area contributed by atoms with E-state index < -0.39 is 0 Å². The van der Waals surface area contributed by atoms with Crippen molar-refractivity contribution in [2.24, 2.45) is 0 Å². The number of hydrogen-bond acceptors (Lipinski definition) is 8. The predicted octanol–water partition coefficient (Wildman–Crippen LogP) is 0.276. The lowest BCUT2D eigenvalue weighted by molar-refractivity contribution is 0.263. The maximum absolute atomic E-state index is 3.57. The molecule has 0 aromatic rings. The van der Waals surface area contributed by atoms with Crippen LogP contribution in [0.25, 0.3) is 0 Å². The Kier molecular flexibility index (Phi) is 20.3. The molecule has 0 saturated carbocycles. The minimum atomic E-state index is 1.08. The minimum Gasteiger partial charge on any atom is -0.314 e. The summed E-state index contributed by atoms with van der Waals surface area (Å²) in [5.41, 5.74) is 0. The highest BCUT2D eigenvalue weighted by molar-refractivity contribution is 4.66. The molecule has 6 N–H and O–H groups in total. The highest BCUT2D eigenvalue weighted by Gasteiger charge is 2.06. The molecule has 2 heterocycles. The van der Waals surface area contributed by atoms with Crippen molar-refractivity contribution in [2.75, 3.05) is 118 Å². The number of nitrogens with one attached hydrogen (secondary N) is 6. The van der Waals surface area contributed by atoms with Gasteiger partial charge in [-0.3, -0.25) is 0 Å². The molecule has 0 aliphatic carbocycles. The fourth-order valence-electron chi connectivity index (χ4n) is 4.81. The molecule has 0 radical (unpaired) electrons. The van der Waals surface area contributed by atoms with E-state index in [2.05, 4.69) is 41.7 Å². The summed E-state index contributed by atoms with van der Waals surface area (Å²) in [5, 5.41) is 21.2. The van der Waals surface area contributed by atoms with E-state index in [1.807, 2.05) is 0 Å². The van der Waals surface area contributed by atoms with Crippen molar-refractivity contribution in [3.05, 3.63) is 0 Å². The average molecular weight is 483 g/mol. The van der Waals surface area contributed by atoms with Crippen LogP contribution in [0.1, 0.15) is 51.4 Å². The lowest BCUT2D eigenvalue weighted by atomic mass is 10.1. The normalized spacial score (nSPS) is 22.2. The zero-order chi connectivity index (χ0) is 23.8. The Labute approximate surface area is 211 Å². The molecule has 8 nitrogen and oxygen atoms in total. The van der Waals surface area contributed by atoms with Crippen molar-refractivity contribution in [2.45, 2.75) is 51.4 Å². The molecular formula is C26H58N8. The van der Waals surface area contributed by atoms with Gasteiger partial charge < -0.3 is 41.7 Å². The van der Waals surface area contributed by atoms with E-state index in [1.54, 1.807) is 0 Å². The predicted molar refractivity (Wildman–Crippen MR) is 147 cm³/mol. The molecule has 0 aromatic heterocycles. The lowest BCUT2D eigenvalue weighted by Crippen LogP contribution is -2.42. The second-order valence-electron chi connectivity index (χ2n) is 10.0. The molecule has 2 saturated heterocycles. The van der Waals surface area contributed by atoms with Crippen molar-refractivity contribution in [3.8, 4) is 0 Å². The summed E-state index contributed by atoms with van der Waals surface area (Å²) < 4.78 is 0. The molecule has 2 aliphatic heterocycles. The van der Waals surface area contributed by atoms with Gasteiger partial charge >= 0.3 is 0 Å². The molecule has 2 fully saturated rings. The maximum Gasteiger partial charge on any atom is 0.0107 e. The molecule has 2 aliphatic rings. The van der Waals surface area contributed by atoms with Gasteiger partial charge in [0.2, 0.25) is 0 Å². The highest BCUT2D eigenvalue weighted by Crippen LogP contribution is 2.09. The number of unbranched alkanes of at least 4 members (excludes halogenated alkanes) is 7. The van der Waals surface area contributed by atoms with Crippen LogP contribution in [0.5, 0.6) is 0 Å². The van der Waals surface area contributed by atoms with Gasteiger partial charge in [0.25, 0.3) is 0 Å². The third kappa shape index (κ3) is 18.0. The van der Waals surface area contributed by atoms with Gasteiger partial charge in [-0.2, -0.15) is 0 Å². The Hall–Kier alpha value is -0.320. The van der Waals surface area contributed by atoms with Gasteiger partial charge in [0.05, 0.1) is 0 Å². The van der Waals surface area contributed by atoms with Crippen LogP contribution in [0.3, 0.4) is 0 Å². The zero-order valence-corrected chi connectivity index (χ0v) is 22.3. The van der Waals surface area contributed by atoms with Gasteiger partial charge in [0, 0.05) is 105 Å². The van der Waals surface area contributed by atoms with Crippen LogP contribution in [0, 0.1) is 0 Å². The van der Waals surface area contributed by atoms with E-state index in [-0.39, 0.29) is 0 Å². The summed E-state index contributed by atoms with van der Waals surface area (Å²) in [6, 6.07) is 0. The van der Waals surface area contributed by atoms with Gasteiger partial charge in [0.1, 0.15) is 0 Å². The Morgan fingerprint density at radius 3 is 0.824 bits per heavy atom. The topological polar surface area (TPSA) is 78.7 Å². The second kappa shape index (κ2) is 23.1. The van der Waals surface area contributed by atoms with Crippen molar-refractivity contribution in [1.82, 2.24) is 41.7 Å². The maximum atomic E-state index is 3.57. The Bertz CT molecular complexity index is 364. The first-order valence-electron chi connectivity index (χ1n) is 14.6. The molecule has 0 amide bonds. The molecule has 0 spiro atoms. The van der Waals surface area contributed by atoms with Crippen molar-refractivity contribution in [1.29, 1.82) is 0 Å². The van der Waals surface area contributed by atoms with Gasteiger partial charge in [-0.05, 0) is 25.9 Å². The van der Waals surface area contributed by atoms with Crippen LogP contribution in [0.15, 0.2) is 0 Å². The SMILES string of the molecule is C(CCCCCN1CCNCCNCCNCC1)CCCCN1CCNCCNCCNCC1. The summed E-state index contributed by atoms with van der Waals surface area (Å²) >= 11 is 0. The summed E-state index contributed by atoms with van der Waals surface area (Å²) in [7, 11) is 0. The van der Waals surface area contributed by atoms with Gasteiger partial charge in [-0.25, -0.2) is 0 Å². The lowest BCUT2D eigenvalue weighted by Gasteiger charge is -2.23. The first kappa shape index (κ1) is 29.9. The molecule has 0 bridgehead atoms. The van der Waals surface area contributed by atoms with Gasteiger partial charge in [-0.1, -0.05) is 38.5 Å². The number of hydrogen-bond donors (Lipinski definition) is 6. The zero-order valence-electron chi connectivity index (χ0n) is 22.3. The monoisotopic (exact) mass is 482 g/mol. The summed E-state index contributed by atoms with van der Waals surface area (Å²) in [4.78, 5) is 5.30. The van der Waals surface area contributed by atoms with E-state index in [1.165, 1.54) is 90.6 Å². The smallest absolute Gasteiger partial charge is 0.0107 e. The van der Waals surface area contributed by atoms with Crippen LogP contribution >= 0.6 is 0 Å². The molecule has 0 unspecified atom stereocenters. The summed E-state index contributed by atoms with van der Waals surface area (Å²) in [5.74, 6) is 0.